The molecule has 1 aliphatic heterocycles. The van der Waals surface area contributed by atoms with Crippen molar-refractivity contribution in [2.75, 3.05) is 20.3 Å². The van der Waals surface area contributed by atoms with E-state index in [0.29, 0.717) is 24.5 Å². The third kappa shape index (κ3) is 3.81. The molecule has 0 unspecified atom stereocenters. The fourth-order valence-electron chi connectivity index (χ4n) is 3.45. The quantitative estimate of drug-likeness (QED) is 0.687. The van der Waals surface area contributed by atoms with Gasteiger partial charge in [0.2, 0.25) is 5.91 Å². The molecule has 10 nitrogen and oxygen atoms in total. The van der Waals surface area contributed by atoms with E-state index in [1.165, 1.54) is 0 Å². The highest BCUT2D eigenvalue weighted by atomic mass is 16.5. The highest BCUT2D eigenvalue weighted by molar-refractivity contribution is 5.86. The van der Waals surface area contributed by atoms with Gasteiger partial charge in [0.1, 0.15) is 12.4 Å². The topological polar surface area (TPSA) is 122 Å². The van der Waals surface area contributed by atoms with Gasteiger partial charge in [0, 0.05) is 19.0 Å². The maximum absolute atomic E-state index is 12.9. The number of ether oxygens (including phenoxy) is 2. The van der Waals surface area contributed by atoms with Crippen LogP contribution in [0.3, 0.4) is 0 Å². The summed E-state index contributed by atoms with van der Waals surface area (Å²) in [6.07, 6.45) is 1.57. The molecule has 0 bridgehead atoms. The molecule has 148 valence electrons. The number of rotatable bonds is 7. The average Bonchev–Trinajstić information content (AvgIpc) is 3.42. The van der Waals surface area contributed by atoms with Gasteiger partial charge in [-0.05, 0) is 30.5 Å². The molecule has 2 heterocycles. The monoisotopic (exact) mass is 386 g/mol. The zero-order valence-electron chi connectivity index (χ0n) is 15.5. The molecular formula is C18H22N6O4. The zero-order chi connectivity index (χ0) is 19.5. The summed E-state index contributed by atoms with van der Waals surface area (Å²) < 4.78 is 10.9. The Morgan fingerprint density at radius 1 is 1.36 bits per heavy atom. The lowest BCUT2D eigenvalue weighted by molar-refractivity contribution is -0.165. The van der Waals surface area contributed by atoms with Crippen LogP contribution < -0.4 is 10.1 Å². The van der Waals surface area contributed by atoms with E-state index in [1.54, 1.807) is 7.11 Å². The molecule has 2 fully saturated rings. The number of hydrogen-bond donors (Lipinski definition) is 2. The second-order valence-corrected chi connectivity index (χ2v) is 6.85. The van der Waals surface area contributed by atoms with Gasteiger partial charge in [0.05, 0.1) is 13.2 Å². The van der Waals surface area contributed by atoms with Crippen LogP contribution in [0.5, 0.6) is 5.75 Å². The van der Waals surface area contributed by atoms with Gasteiger partial charge < -0.3 is 19.7 Å². The van der Waals surface area contributed by atoms with Crippen molar-refractivity contribution in [1.29, 1.82) is 0 Å². The summed E-state index contributed by atoms with van der Waals surface area (Å²) in [4.78, 5) is 27.2. The number of tetrazole rings is 1. The van der Waals surface area contributed by atoms with Crippen molar-refractivity contribution >= 4 is 11.8 Å². The first-order chi connectivity index (χ1) is 13.7. The first kappa shape index (κ1) is 18.4. The molecule has 2 aliphatic rings. The highest BCUT2D eigenvalue weighted by Crippen LogP contribution is 2.39. The van der Waals surface area contributed by atoms with Crippen molar-refractivity contribution in [3.05, 3.63) is 35.7 Å². The van der Waals surface area contributed by atoms with E-state index >= 15 is 0 Å². The van der Waals surface area contributed by atoms with Gasteiger partial charge >= 0.3 is 0 Å². The number of morpholine rings is 1. The number of nitrogens with zero attached hydrogens (tertiary/aromatic N) is 4. The summed E-state index contributed by atoms with van der Waals surface area (Å²) in [5, 5.41) is 16.5. The lowest BCUT2D eigenvalue weighted by Crippen LogP contribution is -2.55. The van der Waals surface area contributed by atoms with Gasteiger partial charge in [-0.25, -0.2) is 0 Å². The Balaban J connectivity index is 1.52. The van der Waals surface area contributed by atoms with Crippen LogP contribution >= 0.6 is 0 Å². The summed E-state index contributed by atoms with van der Waals surface area (Å²) >= 11 is 0. The molecular weight excluding hydrogens is 364 g/mol. The molecule has 2 atom stereocenters. The van der Waals surface area contributed by atoms with Crippen LogP contribution in [-0.2, 0) is 20.7 Å². The minimum Gasteiger partial charge on any atom is -0.497 e. The van der Waals surface area contributed by atoms with Crippen molar-refractivity contribution in [3.63, 3.8) is 0 Å². The molecule has 1 aromatic heterocycles. The fourth-order valence-corrected chi connectivity index (χ4v) is 3.45. The Morgan fingerprint density at radius 3 is 2.79 bits per heavy atom. The normalized spacial score (nSPS) is 22.2. The number of carbonyl (C=O) groups is 2. The smallest absolute Gasteiger partial charge is 0.251 e. The molecule has 1 saturated carbocycles. The second-order valence-electron chi connectivity index (χ2n) is 6.85. The summed E-state index contributed by atoms with van der Waals surface area (Å²) in [7, 11) is 1.60. The van der Waals surface area contributed by atoms with Crippen LogP contribution in [0, 0.1) is 0 Å². The predicted molar refractivity (Wildman–Crippen MR) is 96.2 cm³/mol. The molecule has 2 N–H and O–H groups in total. The zero-order valence-corrected chi connectivity index (χ0v) is 15.5. The van der Waals surface area contributed by atoms with E-state index in [-0.39, 0.29) is 24.5 Å². The van der Waals surface area contributed by atoms with E-state index in [4.69, 9.17) is 9.47 Å². The number of methoxy groups -OCH3 is 1. The Morgan fingerprint density at radius 2 is 2.14 bits per heavy atom. The van der Waals surface area contributed by atoms with Gasteiger partial charge in [-0.1, -0.05) is 17.3 Å². The van der Waals surface area contributed by atoms with Crippen LogP contribution in [-0.4, -0.2) is 69.7 Å². The van der Waals surface area contributed by atoms with Crippen molar-refractivity contribution in [2.45, 2.75) is 37.5 Å². The van der Waals surface area contributed by atoms with E-state index in [9.17, 15) is 9.59 Å². The van der Waals surface area contributed by atoms with Gasteiger partial charge in [0.25, 0.3) is 5.91 Å². The SMILES string of the molecule is COc1ccc([C@@H]2[C@@H](C(=O)NCCc3nn[nH]n3)OCC(=O)N2C2CC2)cc1. The van der Waals surface area contributed by atoms with Crippen molar-refractivity contribution in [1.82, 2.24) is 30.8 Å². The number of benzene rings is 1. The average molecular weight is 386 g/mol. The second kappa shape index (κ2) is 7.93. The Labute approximate surface area is 161 Å². The van der Waals surface area contributed by atoms with Crippen molar-refractivity contribution < 1.29 is 19.1 Å². The molecule has 10 heteroatoms. The van der Waals surface area contributed by atoms with Crippen LogP contribution in [0.25, 0.3) is 0 Å². The summed E-state index contributed by atoms with van der Waals surface area (Å²) in [5.41, 5.74) is 0.846. The van der Waals surface area contributed by atoms with E-state index < -0.39 is 12.1 Å². The van der Waals surface area contributed by atoms with Crippen LogP contribution in [0.1, 0.15) is 30.3 Å². The van der Waals surface area contributed by atoms with Crippen LogP contribution in [0.15, 0.2) is 24.3 Å². The van der Waals surface area contributed by atoms with Gasteiger partial charge in [0.15, 0.2) is 11.9 Å². The number of H-pyrrole nitrogens is 1. The molecule has 2 amide bonds. The summed E-state index contributed by atoms with van der Waals surface area (Å²) in [6.45, 7) is 0.261. The first-order valence-electron chi connectivity index (χ1n) is 9.24. The lowest BCUT2D eigenvalue weighted by atomic mass is 9.96. The van der Waals surface area contributed by atoms with Crippen molar-refractivity contribution in [2.24, 2.45) is 0 Å². The Hall–Kier alpha value is -3.01. The van der Waals surface area contributed by atoms with Crippen LogP contribution in [0.2, 0.25) is 0 Å². The number of amides is 2. The molecule has 1 saturated heterocycles. The van der Waals surface area contributed by atoms with E-state index in [2.05, 4.69) is 25.9 Å². The molecule has 4 rings (SSSR count). The standard InChI is InChI=1S/C18H22N6O4/c1-27-13-6-2-11(3-7-13)16-17(28-10-15(25)24(16)12-4-5-12)18(26)19-9-8-14-20-22-23-21-14/h2-3,6-7,12,16-17H,4-5,8-10H2,1H3,(H,19,26)(H,20,21,22,23)/t16-,17+/m1/s1. The summed E-state index contributed by atoms with van der Waals surface area (Å²) in [5.74, 6) is 0.888. The Bertz CT molecular complexity index is 821. The number of carbonyl (C=O) groups excluding carboxylic acids is 2. The minimum absolute atomic E-state index is 0.0841. The van der Waals surface area contributed by atoms with Gasteiger partial charge in [-0.2, -0.15) is 5.21 Å². The fraction of sp³-hybridized carbons (Fsp3) is 0.500. The highest BCUT2D eigenvalue weighted by Gasteiger charge is 2.47. The molecule has 28 heavy (non-hydrogen) atoms. The van der Waals surface area contributed by atoms with Crippen LogP contribution in [0.4, 0.5) is 0 Å². The molecule has 1 aromatic carbocycles. The molecule has 0 radical (unpaired) electrons. The van der Waals surface area contributed by atoms with Gasteiger partial charge in [-0.15, -0.1) is 10.2 Å². The van der Waals surface area contributed by atoms with Crippen molar-refractivity contribution in [3.8, 4) is 5.75 Å². The molecule has 1 aliphatic carbocycles. The van der Waals surface area contributed by atoms with E-state index in [1.807, 2.05) is 29.2 Å². The third-order valence-corrected chi connectivity index (χ3v) is 4.95. The third-order valence-electron chi connectivity index (χ3n) is 4.95. The molecule has 2 aromatic rings. The number of aromatic amines is 1. The first-order valence-corrected chi connectivity index (χ1v) is 9.24. The lowest BCUT2D eigenvalue weighted by Gasteiger charge is -2.40. The minimum atomic E-state index is -0.781. The largest absolute Gasteiger partial charge is 0.497 e. The molecule has 0 spiro atoms. The number of nitrogens with one attached hydrogen (secondary N) is 2. The Kier molecular flexibility index (Phi) is 5.20. The summed E-state index contributed by atoms with van der Waals surface area (Å²) in [6, 6.07) is 7.10. The number of aromatic nitrogens is 4. The maximum Gasteiger partial charge on any atom is 0.251 e. The predicted octanol–water partition coefficient (Wildman–Crippen LogP) is -0.00190. The van der Waals surface area contributed by atoms with Gasteiger partial charge in [-0.3, -0.25) is 9.59 Å². The van der Waals surface area contributed by atoms with E-state index in [0.717, 1.165) is 18.4 Å². The maximum atomic E-state index is 12.9. The number of hydrogen-bond acceptors (Lipinski definition) is 7.